The van der Waals surface area contributed by atoms with Crippen LogP contribution in [0.1, 0.15) is 36.6 Å². The number of benzene rings is 1. The van der Waals surface area contributed by atoms with E-state index in [4.69, 9.17) is 4.98 Å². The smallest absolute Gasteiger partial charge is 0.111 e. The molecule has 4 nitrogen and oxygen atoms in total. The van der Waals surface area contributed by atoms with E-state index in [1.54, 1.807) is 11.3 Å². The monoisotopic (exact) mass is 314 g/mol. The molecular weight excluding hydrogens is 292 g/mol. The van der Waals surface area contributed by atoms with E-state index in [2.05, 4.69) is 40.0 Å². The molecule has 0 fully saturated rings. The molecular formula is C17H22N4S. The maximum Gasteiger partial charge on any atom is 0.111 e. The number of fused-ring (bicyclic) bond motifs is 1. The average Bonchev–Trinajstić information content (AvgIpc) is 3.13. The molecule has 22 heavy (non-hydrogen) atoms. The van der Waals surface area contributed by atoms with Crippen molar-refractivity contribution in [3.8, 4) is 0 Å². The Labute approximate surface area is 135 Å². The van der Waals surface area contributed by atoms with Gasteiger partial charge in [-0.15, -0.1) is 11.3 Å². The Balaban J connectivity index is 1.44. The van der Waals surface area contributed by atoms with E-state index in [1.165, 1.54) is 9.71 Å². The fourth-order valence-electron chi connectivity index (χ4n) is 2.53. The first-order valence-electron chi connectivity index (χ1n) is 7.80. The molecule has 0 saturated carbocycles. The molecule has 0 aliphatic heterocycles. The van der Waals surface area contributed by atoms with Crippen molar-refractivity contribution in [3.05, 3.63) is 47.5 Å². The summed E-state index contributed by atoms with van der Waals surface area (Å²) >= 11 is 1.78. The highest BCUT2D eigenvalue weighted by Gasteiger charge is 2.10. The highest BCUT2D eigenvalue weighted by atomic mass is 32.1. The minimum Gasteiger partial charge on any atom is -0.335 e. The van der Waals surface area contributed by atoms with E-state index in [9.17, 15) is 0 Å². The van der Waals surface area contributed by atoms with E-state index in [-0.39, 0.29) is 0 Å². The van der Waals surface area contributed by atoms with Crippen LogP contribution in [0, 0.1) is 6.92 Å². The highest BCUT2D eigenvalue weighted by Crippen LogP contribution is 2.25. The van der Waals surface area contributed by atoms with Gasteiger partial charge in [0.25, 0.3) is 0 Å². The molecule has 0 unspecified atom stereocenters. The van der Waals surface area contributed by atoms with Gasteiger partial charge in [-0.05, 0) is 45.4 Å². The maximum absolute atomic E-state index is 4.71. The Morgan fingerprint density at radius 2 is 2.14 bits per heavy atom. The van der Waals surface area contributed by atoms with Gasteiger partial charge in [-0.25, -0.2) is 9.97 Å². The molecule has 0 aliphatic carbocycles. The molecule has 116 valence electrons. The lowest BCUT2D eigenvalue weighted by molar-refractivity contribution is 0.519. The first-order valence-corrected chi connectivity index (χ1v) is 8.62. The van der Waals surface area contributed by atoms with Gasteiger partial charge in [0, 0.05) is 18.9 Å². The minimum absolute atomic E-state index is 0.312. The SMILES string of the molecule is Cc1nccn1CCCCN[C@H](C)c1nc2ccccc2s1. The molecule has 1 N–H and O–H groups in total. The van der Waals surface area contributed by atoms with Crippen molar-refractivity contribution < 1.29 is 0 Å². The zero-order valence-electron chi connectivity index (χ0n) is 13.1. The van der Waals surface area contributed by atoms with Gasteiger partial charge in [0.15, 0.2) is 0 Å². The van der Waals surface area contributed by atoms with Crippen molar-refractivity contribution in [2.45, 2.75) is 39.3 Å². The third-order valence-corrected chi connectivity index (χ3v) is 5.10. The number of hydrogen-bond acceptors (Lipinski definition) is 4. The summed E-state index contributed by atoms with van der Waals surface area (Å²) in [6.07, 6.45) is 6.24. The summed E-state index contributed by atoms with van der Waals surface area (Å²) in [6, 6.07) is 8.64. The second-order valence-electron chi connectivity index (χ2n) is 5.57. The Kier molecular flexibility index (Phi) is 4.85. The number of nitrogens with zero attached hydrogens (tertiary/aromatic N) is 3. The zero-order chi connectivity index (χ0) is 15.4. The van der Waals surface area contributed by atoms with Gasteiger partial charge < -0.3 is 9.88 Å². The minimum atomic E-state index is 0.312. The van der Waals surface area contributed by atoms with Crippen LogP contribution in [0.4, 0.5) is 0 Å². The number of imidazole rings is 1. The van der Waals surface area contributed by atoms with Gasteiger partial charge in [-0.1, -0.05) is 12.1 Å². The van der Waals surface area contributed by atoms with Gasteiger partial charge in [0.1, 0.15) is 10.8 Å². The summed E-state index contributed by atoms with van der Waals surface area (Å²) in [6.45, 7) is 6.30. The normalized spacial score (nSPS) is 12.8. The summed E-state index contributed by atoms with van der Waals surface area (Å²) in [5.74, 6) is 1.09. The number of nitrogens with one attached hydrogen (secondary N) is 1. The number of para-hydroxylation sites is 1. The molecule has 0 amide bonds. The van der Waals surface area contributed by atoms with Gasteiger partial charge in [0.05, 0.1) is 16.3 Å². The number of aryl methyl sites for hydroxylation is 2. The fourth-order valence-corrected chi connectivity index (χ4v) is 3.52. The molecule has 0 radical (unpaired) electrons. The molecule has 0 aliphatic rings. The third-order valence-electron chi connectivity index (χ3n) is 3.88. The Morgan fingerprint density at radius 3 is 2.91 bits per heavy atom. The Bertz CT molecular complexity index is 698. The molecule has 2 heterocycles. The summed E-state index contributed by atoms with van der Waals surface area (Å²) in [5, 5.41) is 4.75. The second kappa shape index (κ2) is 7.03. The third kappa shape index (κ3) is 3.54. The molecule has 5 heteroatoms. The van der Waals surface area contributed by atoms with Crippen LogP contribution < -0.4 is 5.32 Å². The molecule has 3 rings (SSSR count). The van der Waals surface area contributed by atoms with Crippen LogP contribution >= 0.6 is 11.3 Å². The summed E-state index contributed by atoms with van der Waals surface area (Å²) < 4.78 is 3.47. The summed E-state index contributed by atoms with van der Waals surface area (Å²) in [5.41, 5.74) is 1.10. The number of hydrogen-bond donors (Lipinski definition) is 1. The zero-order valence-corrected chi connectivity index (χ0v) is 13.9. The van der Waals surface area contributed by atoms with Crippen molar-refractivity contribution in [2.24, 2.45) is 0 Å². The van der Waals surface area contributed by atoms with Crippen molar-refractivity contribution in [3.63, 3.8) is 0 Å². The average molecular weight is 314 g/mol. The number of aromatic nitrogens is 3. The predicted molar refractivity (Wildman–Crippen MR) is 92.2 cm³/mol. The van der Waals surface area contributed by atoms with Crippen LogP contribution in [-0.2, 0) is 6.54 Å². The Morgan fingerprint density at radius 1 is 1.27 bits per heavy atom. The van der Waals surface area contributed by atoms with E-state index < -0.39 is 0 Å². The Hall–Kier alpha value is -1.72. The van der Waals surface area contributed by atoms with Crippen molar-refractivity contribution >= 4 is 21.6 Å². The van der Waals surface area contributed by atoms with Crippen LogP contribution in [-0.4, -0.2) is 21.1 Å². The topological polar surface area (TPSA) is 42.7 Å². The van der Waals surface area contributed by atoms with Crippen molar-refractivity contribution in [2.75, 3.05) is 6.54 Å². The molecule has 0 saturated heterocycles. The molecule has 1 atom stereocenters. The van der Waals surface area contributed by atoms with Crippen LogP contribution in [0.5, 0.6) is 0 Å². The molecule has 0 bridgehead atoms. The number of unbranched alkanes of at least 4 members (excludes halogenated alkanes) is 1. The van der Waals surface area contributed by atoms with E-state index in [0.717, 1.165) is 37.3 Å². The number of rotatable bonds is 7. The van der Waals surface area contributed by atoms with Crippen molar-refractivity contribution in [1.82, 2.24) is 19.9 Å². The molecule has 3 aromatic rings. The first-order chi connectivity index (χ1) is 10.7. The van der Waals surface area contributed by atoms with E-state index in [0.29, 0.717) is 6.04 Å². The number of thiazole rings is 1. The van der Waals surface area contributed by atoms with E-state index >= 15 is 0 Å². The van der Waals surface area contributed by atoms with E-state index in [1.807, 2.05) is 25.4 Å². The van der Waals surface area contributed by atoms with Crippen LogP contribution in [0.2, 0.25) is 0 Å². The lowest BCUT2D eigenvalue weighted by atomic mass is 10.2. The fraction of sp³-hybridized carbons (Fsp3) is 0.412. The quantitative estimate of drug-likeness (QED) is 0.672. The molecule has 1 aromatic carbocycles. The highest BCUT2D eigenvalue weighted by molar-refractivity contribution is 7.18. The first kappa shape index (κ1) is 15.2. The second-order valence-corrected chi connectivity index (χ2v) is 6.63. The standard InChI is InChI=1S/C17H22N4S/c1-13(17-20-15-7-3-4-8-16(15)22-17)18-9-5-6-11-21-12-10-19-14(21)2/h3-4,7-8,10,12-13,18H,5-6,9,11H2,1-2H3/t13-/m1/s1. The summed E-state index contributed by atoms with van der Waals surface area (Å²) in [4.78, 5) is 8.95. The van der Waals surface area contributed by atoms with Gasteiger partial charge in [-0.2, -0.15) is 0 Å². The van der Waals surface area contributed by atoms with Crippen LogP contribution in [0.15, 0.2) is 36.7 Å². The largest absolute Gasteiger partial charge is 0.335 e. The van der Waals surface area contributed by atoms with Crippen LogP contribution in [0.3, 0.4) is 0 Å². The molecule has 0 spiro atoms. The predicted octanol–water partition coefficient (Wildman–Crippen LogP) is 3.93. The van der Waals surface area contributed by atoms with Crippen LogP contribution in [0.25, 0.3) is 10.2 Å². The summed E-state index contributed by atoms with van der Waals surface area (Å²) in [7, 11) is 0. The van der Waals surface area contributed by atoms with Gasteiger partial charge >= 0.3 is 0 Å². The lowest BCUT2D eigenvalue weighted by Gasteiger charge is -2.11. The van der Waals surface area contributed by atoms with Gasteiger partial charge in [-0.3, -0.25) is 0 Å². The lowest BCUT2D eigenvalue weighted by Crippen LogP contribution is -2.20. The van der Waals surface area contributed by atoms with Gasteiger partial charge in [0.2, 0.25) is 0 Å². The molecule has 2 aromatic heterocycles. The maximum atomic E-state index is 4.71. The van der Waals surface area contributed by atoms with Crippen molar-refractivity contribution in [1.29, 1.82) is 0 Å².